The van der Waals surface area contributed by atoms with Crippen LogP contribution in [0.2, 0.25) is 0 Å². The van der Waals surface area contributed by atoms with Crippen LogP contribution in [0.4, 0.5) is 5.69 Å². The van der Waals surface area contributed by atoms with Crippen LogP contribution in [0.3, 0.4) is 0 Å². The van der Waals surface area contributed by atoms with Gasteiger partial charge in [0.1, 0.15) is 17.4 Å². The van der Waals surface area contributed by atoms with Crippen molar-refractivity contribution >= 4 is 5.69 Å². The van der Waals surface area contributed by atoms with Gasteiger partial charge in [-0.1, -0.05) is 0 Å². The quantitative estimate of drug-likeness (QED) is 0.634. The Morgan fingerprint density at radius 2 is 1.95 bits per heavy atom. The smallest absolute Gasteiger partial charge is 0.273 e. The summed E-state index contributed by atoms with van der Waals surface area (Å²) in [5.74, 6) is 0.483. The average molecular weight is 283 g/mol. The van der Waals surface area contributed by atoms with Crippen molar-refractivity contribution in [2.24, 2.45) is 0 Å². The molecule has 6 nitrogen and oxygen atoms in total. The molecular formula is C15H13N3O3. The number of nitriles is 1. The third-order valence-electron chi connectivity index (χ3n) is 3.01. The lowest BCUT2D eigenvalue weighted by Crippen LogP contribution is -1.98. The largest absolute Gasteiger partial charge is 0.437 e. The van der Waals surface area contributed by atoms with Crippen LogP contribution in [0.1, 0.15) is 22.4 Å². The van der Waals surface area contributed by atoms with Gasteiger partial charge in [-0.15, -0.1) is 0 Å². The number of aryl methyl sites for hydroxylation is 3. The van der Waals surface area contributed by atoms with E-state index in [1.165, 1.54) is 12.1 Å². The van der Waals surface area contributed by atoms with Crippen LogP contribution >= 0.6 is 0 Å². The van der Waals surface area contributed by atoms with Crippen molar-refractivity contribution in [3.63, 3.8) is 0 Å². The van der Waals surface area contributed by atoms with E-state index in [2.05, 4.69) is 4.98 Å². The third kappa shape index (κ3) is 2.98. The minimum atomic E-state index is -0.494. The van der Waals surface area contributed by atoms with E-state index >= 15 is 0 Å². The third-order valence-corrected chi connectivity index (χ3v) is 3.01. The molecule has 21 heavy (non-hydrogen) atoms. The molecule has 0 bridgehead atoms. The molecule has 1 heterocycles. The monoisotopic (exact) mass is 283 g/mol. The number of pyridine rings is 1. The zero-order valence-electron chi connectivity index (χ0n) is 11.9. The van der Waals surface area contributed by atoms with Gasteiger partial charge in [-0.2, -0.15) is 5.26 Å². The molecule has 1 aromatic carbocycles. The van der Waals surface area contributed by atoms with Gasteiger partial charge < -0.3 is 4.74 Å². The molecule has 0 unspecified atom stereocenters. The van der Waals surface area contributed by atoms with Crippen molar-refractivity contribution in [3.8, 4) is 17.7 Å². The number of aromatic nitrogens is 1. The Morgan fingerprint density at radius 1 is 1.24 bits per heavy atom. The number of non-ortho nitro benzene ring substituents is 1. The maximum absolute atomic E-state index is 10.8. The van der Waals surface area contributed by atoms with Crippen molar-refractivity contribution in [1.29, 1.82) is 5.26 Å². The summed E-state index contributed by atoms with van der Waals surface area (Å²) in [6.07, 6.45) is 0. The highest BCUT2D eigenvalue weighted by Crippen LogP contribution is 2.30. The molecule has 0 spiro atoms. The SMILES string of the molecule is Cc1cc(C)c(C#N)c(Oc2cc([N+](=O)[O-])ccc2C)n1. The van der Waals surface area contributed by atoms with Gasteiger partial charge in [-0.3, -0.25) is 10.1 Å². The van der Waals surface area contributed by atoms with E-state index in [0.29, 0.717) is 17.0 Å². The number of nitro benzene ring substituents is 1. The number of ether oxygens (including phenoxy) is 1. The van der Waals surface area contributed by atoms with Crippen LogP contribution in [0.5, 0.6) is 11.6 Å². The zero-order chi connectivity index (χ0) is 15.6. The van der Waals surface area contributed by atoms with Crippen LogP contribution < -0.4 is 4.74 Å². The number of rotatable bonds is 3. The summed E-state index contributed by atoms with van der Waals surface area (Å²) >= 11 is 0. The van der Waals surface area contributed by atoms with Crippen molar-refractivity contribution in [1.82, 2.24) is 4.98 Å². The first-order valence-corrected chi connectivity index (χ1v) is 6.23. The highest BCUT2D eigenvalue weighted by molar-refractivity contribution is 5.50. The first-order chi connectivity index (χ1) is 9.92. The molecule has 0 atom stereocenters. The molecule has 0 saturated heterocycles. The molecule has 0 saturated carbocycles. The summed E-state index contributed by atoms with van der Waals surface area (Å²) in [4.78, 5) is 14.5. The second-order valence-electron chi connectivity index (χ2n) is 4.68. The average Bonchev–Trinajstić information content (AvgIpc) is 2.40. The highest BCUT2D eigenvalue weighted by atomic mass is 16.6. The molecular weight excluding hydrogens is 270 g/mol. The molecule has 6 heteroatoms. The molecule has 0 aliphatic heterocycles. The molecule has 0 radical (unpaired) electrons. The van der Waals surface area contributed by atoms with Crippen LogP contribution in [-0.2, 0) is 0 Å². The fourth-order valence-corrected chi connectivity index (χ4v) is 1.93. The lowest BCUT2D eigenvalue weighted by Gasteiger charge is -2.11. The first kappa shape index (κ1) is 14.5. The molecule has 0 N–H and O–H groups in total. The van der Waals surface area contributed by atoms with E-state index in [-0.39, 0.29) is 11.6 Å². The fraction of sp³-hybridized carbons (Fsp3) is 0.200. The van der Waals surface area contributed by atoms with E-state index in [4.69, 9.17) is 4.74 Å². The summed E-state index contributed by atoms with van der Waals surface area (Å²) < 4.78 is 5.65. The number of benzene rings is 1. The predicted octanol–water partition coefficient (Wildman–Crippen LogP) is 3.58. The number of nitrogens with zero attached hydrogens (tertiary/aromatic N) is 3. The summed E-state index contributed by atoms with van der Waals surface area (Å²) in [6.45, 7) is 5.36. The van der Waals surface area contributed by atoms with Gasteiger partial charge in [0.25, 0.3) is 5.69 Å². The fourth-order valence-electron chi connectivity index (χ4n) is 1.93. The van der Waals surface area contributed by atoms with E-state index in [1.807, 2.05) is 6.07 Å². The van der Waals surface area contributed by atoms with E-state index in [9.17, 15) is 15.4 Å². The van der Waals surface area contributed by atoms with Crippen LogP contribution in [-0.4, -0.2) is 9.91 Å². The van der Waals surface area contributed by atoms with E-state index in [1.54, 1.807) is 32.9 Å². The molecule has 106 valence electrons. The minimum absolute atomic E-state index is 0.0708. The van der Waals surface area contributed by atoms with Crippen LogP contribution in [0.25, 0.3) is 0 Å². The Bertz CT molecular complexity index is 763. The normalized spacial score (nSPS) is 10.0. The summed E-state index contributed by atoms with van der Waals surface area (Å²) in [5, 5.41) is 20.0. The van der Waals surface area contributed by atoms with Gasteiger partial charge in [0.2, 0.25) is 5.88 Å². The summed E-state index contributed by atoms with van der Waals surface area (Å²) in [6, 6.07) is 8.16. The lowest BCUT2D eigenvalue weighted by atomic mass is 10.1. The Hall–Kier alpha value is -2.94. The van der Waals surface area contributed by atoms with Crippen molar-refractivity contribution < 1.29 is 9.66 Å². The molecule has 0 amide bonds. The van der Waals surface area contributed by atoms with Gasteiger partial charge in [0.05, 0.1) is 11.0 Å². The second-order valence-corrected chi connectivity index (χ2v) is 4.68. The van der Waals surface area contributed by atoms with Crippen molar-refractivity contribution in [2.75, 3.05) is 0 Å². The van der Waals surface area contributed by atoms with Gasteiger partial charge in [-0.25, -0.2) is 4.98 Å². The van der Waals surface area contributed by atoms with Gasteiger partial charge >= 0.3 is 0 Å². The van der Waals surface area contributed by atoms with E-state index < -0.39 is 4.92 Å². The maximum atomic E-state index is 10.8. The zero-order valence-corrected chi connectivity index (χ0v) is 11.9. The number of nitro groups is 1. The topological polar surface area (TPSA) is 89.0 Å². The van der Waals surface area contributed by atoms with E-state index in [0.717, 1.165) is 11.1 Å². The Labute approximate surface area is 121 Å². The molecule has 2 rings (SSSR count). The Morgan fingerprint density at radius 3 is 2.57 bits per heavy atom. The number of hydrogen-bond acceptors (Lipinski definition) is 5. The van der Waals surface area contributed by atoms with Gasteiger partial charge in [0, 0.05) is 11.8 Å². The standard InChI is InChI=1S/C15H13N3O3/c1-9-4-5-12(18(19)20)7-14(9)21-15-13(8-16)10(2)6-11(3)17-15/h4-7H,1-3H3. The van der Waals surface area contributed by atoms with Crippen molar-refractivity contribution in [3.05, 3.63) is 56.8 Å². The van der Waals surface area contributed by atoms with Crippen LogP contribution in [0.15, 0.2) is 24.3 Å². The Kier molecular flexibility index (Phi) is 3.85. The molecule has 0 fully saturated rings. The minimum Gasteiger partial charge on any atom is -0.437 e. The first-order valence-electron chi connectivity index (χ1n) is 6.23. The Balaban J connectivity index is 2.50. The predicted molar refractivity (Wildman–Crippen MR) is 76.3 cm³/mol. The highest BCUT2D eigenvalue weighted by Gasteiger charge is 2.15. The maximum Gasteiger partial charge on any atom is 0.273 e. The summed E-state index contributed by atoms with van der Waals surface area (Å²) in [5.41, 5.74) is 2.45. The molecule has 1 aromatic heterocycles. The number of hydrogen-bond donors (Lipinski definition) is 0. The molecule has 0 aliphatic rings. The van der Waals surface area contributed by atoms with Gasteiger partial charge in [0.15, 0.2) is 0 Å². The van der Waals surface area contributed by atoms with Gasteiger partial charge in [-0.05, 0) is 44.0 Å². The van der Waals surface area contributed by atoms with Crippen molar-refractivity contribution in [2.45, 2.75) is 20.8 Å². The summed E-state index contributed by atoms with van der Waals surface area (Å²) in [7, 11) is 0. The second kappa shape index (κ2) is 5.59. The molecule has 0 aliphatic carbocycles. The lowest BCUT2D eigenvalue weighted by molar-refractivity contribution is -0.384. The molecule has 2 aromatic rings. The van der Waals surface area contributed by atoms with Crippen LogP contribution in [0, 0.1) is 42.2 Å².